The SMILES string of the molecule is N#Cc1c(C(F)F)cc(CN)nc1[N+](=O)[O-]. The van der Waals surface area contributed by atoms with Gasteiger partial charge in [0.15, 0.2) is 11.3 Å². The maximum atomic E-state index is 12.5. The van der Waals surface area contributed by atoms with Crippen LogP contribution in [-0.4, -0.2) is 9.91 Å². The number of alkyl halides is 2. The Morgan fingerprint density at radius 2 is 2.31 bits per heavy atom. The van der Waals surface area contributed by atoms with Crippen LogP contribution in [0.25, 0.3) is 0 Å². The van der Waals surface area contributed by atoms with E-state index in [1.165, 1.54) is 6.07 Å². The Balaban J connectivity index is 3.54. The lowest BCUT2D eigenvalue weighted by atomic mass is 10.1. The van der Waals surface area contributed by atoms with Gasteiger partial charge in [-0.2, -0.15) is 5.26 Å². The van der Waals surface area contributed by atoms with Gasteiger partial charge in [0.05, 0.1) is 6.54 Å². The first-order valence-electron chi connectivity index (χ1n) is 4.07. The molecule has 0 saturated heterocycles. The zero-order valence-electron chi connectivity index (χ0n) is 7.85. The number of nitrogens with zero attached hydrogens (tertiary/aromatic N) is 3. The molecule has 0 saturated carbocycles. The van der Waals surface area contributed by atoms with Crippen molar-refractivity contribution in [1.82, 2.24) is 4.98 Å². The van der Waals surface area contributed by atoms with Crippen LogP contribution < -0.4 is 5.73 Å². The van der Waals surface area contributed by atoms with Gasteiger partial charge >= 0.3 is 5.82 Å². The molecule has 2 N–H and O–H groups in total. The van der Waals surface area contributed by atoms with Crippen molar-refractivity contribution in [3.05, 3.63) is 33.0 Å². The first-order valence-corrected chi connectivity index (χ1v) is 4.07. The molecule has 0 radical (unpaired) electrons. The van der Waals surface area contributed by atoms with Gasteiger partial charge in [0.2, 0.25) is 0 Å². The van der Waals surface area contributed by atoms with Crippen molar-refractivity contribution in [3.63, 3.8) is 0 Å². The van der Waals surface area contributed by atoms with Crippen LogP contribution in [0.2, 0.25) is 0 Å². The highest BCUT2D eigenvalue weighted by Crippen LogP contribution is 2.28. The van der Waals surface area contributed by atoms with Gasteiger partial charge in [0.25, 0.3) is 6.43 Å². The number of nitro groups is 1. The quantitative estimate of drug-likeness (QED) is 0.619. The van der Waals surface area contributed by atoms with Gasteiger partial charge in [-0.15, -0.1) is 0 Å². The molecular formula is C8H6F2N4O2. The van der Waals surface area contributed by atoms with E-state index >= 15 is 0 Å². The molecule has 0 aliphatic heterocycles. The highest BCUT2D eigenvalue weighted by molar-refractivity contribution is 5.50. The summed E-state index contributed by atoms with van der Waals surface area (Å²) in [6, 6.07) is 2.25. The molecule has 8 heteroatoms. The zero-order chi connectivity index (χ0) is 12.3. The topological polar surface area (TPSA) is 106 Å². The molecule has 0 aliphatic rings. The molecule has 0 atom stereocenters. The Kier molecular flexibility index (Phi) is 3.42. The summed E-state index contributed by atoms with van der Waals surface area (Å²) in [7, 11) is 0. The van der Waals surface area contributed by atoms with Gasteiger partial charge in [0.1, 0.15) is 6.07 Å². The number of nitrogens with two attached hydrogens (primary N) is 1. The molecule has 0 unspecified atom stereocenters. The number of hydrogen-bond donors (Lipinski definition) is 1. The summed E-state index contributed by atoms with van der Waals surface area (Å²) in [5, 5.41) is 19.1. The van der Waals surface area contributed by atoms with E-state index in [1.807, 2.05) is 0 Å². The Morgan fingerprint density at radius 1 is 1.69 bits per heavy atom. The number of hydrogen-bond acceptors (Lipinski definition) is 5. The largest absolute Gasteiger partial charge is 0.382 e. The fourth-order valence-corrected chi connectivity index (χ4v) is 1.13. The van der Waals surface area contributed by atoms with Crippen LogP contribution in [0.15, 0.2) is 6.07 Å². The molecule has 1 rings (SSSR count). The summed E-state index contributed by atoms with van der Waals surface area (Å²) in [5.74, 6) is -0.888. The average Bonchev–Trinajstić information content (AvgIpc) is 2.26. The van der Waals surface area contributed by atoms with E-state index in [0.717, 1.165) is 6.07 Å². The first-order chi connectivity index (χ1) is 7.51. The minimum absolute atomic E-state index is 0.0546. The minimum atomic E-state index is -2.98. The number of rotatable bonds is 3. The Labute approximate surface area is 88.5 Å². The lowest BCUT2D eigenvalue weighted by Crippen LogP contribution is -2.07. The molecule has 1 aromatic rings. The van der Waals surface area contributed by atoms with Gasteiger partial charge in [0, 0.05) is 5.56 Å². The number of nitriles is 1. The van der Waals surface area contributed by atoms with Gasteiger partial charge in [-0.25, -0.2) is 8.78 Å². The molecule has 6 nitrogen and oxygen atoms in total. The van der Waals surface area contributed by atoms with Crippen molar-refractivity contribution in [2.75, 3.05) is 0 Å². The van der Waals surface area contributed by atoms with Crippen molar-refractivity contribution in [1.29, 1.82) is 5.26 Å². The number of pyridine rings is 1. The summed E-state index contributed by atoms with van der Waals surface area (Å²) in [5.41, 5.74) is 3.67. The predicted octanol–water partition coefficient (Wildman–Crippen LogP) is 1.26. The summed E-state index contributed by atoms with van der Waals surface area (Å²) < 4.78 is 25.1. The van der Waals surface area contributed by atoms with Gasteiger partial charge < -0.3 is 15.8 Å². The summed E-state index contributed by atoms with van der Waals surface area (Å²) >= 11 is 0. The van der Waals surface area contributed by atoms with Gasteiger partial charge in [-0.1, -0.05) is 0 Å². The third-order valence-corrected chi connectivity index (χ3v) is 1.81. The Hall–Kier alpha value is -2.14. The van der Waals surface area contributed by atoms with Crippen molar-refractivity contribution in [3.8, 4) is 6.07 Å². The average molecular weight is 228 g/mol. The fraction of sp³-hybridized carbons (Fsp3) is 0.250. The summed E-state index contributed by atoms with van der Waals surface area (Å²) in [6.07, 6.45) is -2.98. The van der Waals surface area contributed by atoms with Gasteiger partial charge in [-0.3, -0.25) is 0 Å². The number of halogens is 2. The van der Waals surface area contributed by atoms with Crippen LogP contribution >= 0.6 is 0 Å². The fourth-order valence-electron chi connectivity index (χ4n) is 1.13. The second-order valence-corrected chi connectivity index (χ2v) is 2.78. The highest BCUT2D eigenvalue weighted by atomic mass is 19.3. The van der Waals surface area contributed by atoms with Crippen molar-refractivity contribution >= 4 is 5.82 Å². The van der Waals surface area contributed by atoms with E-state index in [0.29, 0.717) is 0 Å². The van der Waals surface area contributed by atoms with E-state index < -0.39 is 28.3 Å². The van der Waals surface area contributed by atoms with E-state index in [2.05, 4.69) is 4.98 Å². The van der Waals surface area contributed by atoms with Crippen LogP contribution in [0.1, 0.15) is 23.2 Å². The van der Waals surface area contributed by atoms with Crippen LogP contribution in [-0.2, 0) is 6.54 Å². The molecule has 84 valence electrons. The molecule has 1 heterocycles. The molecule has 0 bridgehead atoms. The maximum absolute atomic E-state index is 12.5. The molecular weight excluding hydrogens is 222 g/mol. The molecule has 16 heavy (non-hydrogen) atoms. The normalized spacial score (nSPS) is 10.2. The molecule has 0 aromatic carbocycles. The van der Waals surface area contributed by atoms with E-state index in [1.54, 1.807) is 0 Å². The zero-order valence-corrected chi connectivity index (χ0v) is 7.85. The molecule has 0 amide bonds. The monoisotopic (exact) mass is 228 g/mol. The van der Waals surface area contributed by atoms with Crippen LogP contribution in [0, 0.1) is 21.4 Å². The van der Waals surface area contributed by atoms with Crippen LogP contribution in [0.4, 0.5) is 14.6 Å². The Bertz CT molecular complexity index is 470. The third-order valence-electron chi connectivity index (χ3n) is 1.81. The molecule has 1 aromatic heterocycles. The second-order valence-electron chi connectivity index (χ2n) is 2.78. The summed E-state index contributed by atoms with van der Waals surface area (Å²) in [6.45, 7) is -0.216. The predicted molar refractivity (Wildman–Crippen MR) is 48.5 cm³/mol. The van der Waals surface area contributed by atoms with Crippen LogP contribution in [0.5, 0.6) is 0 Å². The van der Waals surface area contributed by atoms with Crippen molar-refractivity contribution < 1.29 is 13.7 Å². The van der Waals surface area contributed by atoms with E-state index in [-0.39, 0.29) is 12.2 Å². The van der Waals surface area contributed by atoms with Crippen LogP contribution in [0.3, 0.4) is 0 Å². The lowest BCUT2D eigenvalue weighted by molar-refractivity contribution is -0.390. The lowest BCUT2D eigenvalue weighted by Gasteiger charge is -2.03. The minimum Gasteiger partial charge on any atom is -0.358 e. The highest BCUT2D eigenvalue weighted by Gasteiger charge is 2.26. The summed E-state index contributed by atoms with van der Waals surface area (Å²) in [4.78, 5) is 13.0. The first kappa shape index (κ1) is 11.9. The second kappa shape index (κ2) is 4.59. The van der Waals surface area contributed by atoms with E-state index in [9.17, 15) is 18.9 Å². The van der Waals surface area contributed by atoms with Gasteiger partial charge in [-0.05, 0) is 16.0 Å². The maximum Gasteiger partial charge on any atom is 0.382 e. The smallest absolute Gasteiger partial charge is 0.358 e. The molecule has 0 fully saturated rings. The molecule has 0 spiro atoms. The molecule has 0 aliphatic carbocycles. The number of aromatic nitrogens is 1. The standard InChI is InChI=1S/C8H6F2N4O2/c9-7(10)5-1-4(2-11)13-8(14(15)16)6(5)3-12/h1,7H,2,11H2. The van der Waals surface area contributed by atoms with Crippen molar-refractivity contribution in [2.45, 2.75) is 13.0 Å². The van der Waals surface area contributed by atoms with Crippen molar-refractivity contribution in [2.24, 2.45) is 5.73 Å². The third kappa shape index (κ3) is 2.09. The van der Waals surface area contributed by atoms with E-state index in [4.69, 9.17) is 11.0 Å². The Morgan fingerprint density at radius 3 is 2.69 bits per heavy atom.